The Morgan fingerprint density at radius 3 is 2.50 bits per heavy atom. The van der Waals surface area contributed by atoms with Crippen LogP contribution in [0, 0.1) is 5.92 Å². The van der Waals surface area contributed by atoms with Crippen molar-refractivity contribution in [3.8, 4) is 0 Å². The molecule has 0 aromatic rings. The second kappa shape index (κ2) is 8.10. The van der Waals surface area contributed by atoms with E-state index in [1.165, 1.54) is 0 Å². The SMILES string of the molecule is CCOC(=O)C(CO[PH](=O)O)/C(C)=C/C(C)(C)Br. The molecule has 0 aliphatic rings. The molecule has 0 spiro atoms. The number of esters is 1. The van der Waals surface area contributed by atoms with Crippen LogP contribution in [0.25, 0.3) is 0 Å². The highest BCUT2D eigenvalue weighted by molar-refractivity contribution is 9.10. The van der Waals surface area contributed by atoms with E-state index in [1.807, 2.05) is 19.9 Å². The van der Waals surface area contributed by atoms with Gasteiger partial charge in [-0.05, 0) is 27.7 Å². The zero-order valence-corrected chi connectivity index (χ0v) is 13.6. The molecule has 0 aliphatic carbocycles. The molecule has 7 heteroatoms. The van der Waals surface area contributed by atoms with Crippen LogP contribution in [0.3, 0.4) is 0 Å². The summed E-state index contributed by atoms with van der Waals surface area (Å²) in [6, 6.07) is 0. The Hall–Kier alpha value is -0.160. The van der Waals surface area contributed by atoms with E-state index in [4.69, 9.17) is 9.63 Å². The molecule has 0 bridgehead atoms. The molecule has 106 valence electrons. The number of carbonyl (C=O) groups excluding carboxylic acids is 1. The van der Waals surface area contributed by atoms with Crippen LogP contribution in [-0.2, 0) is 18.6 Å². The highest BCUT2D eigenvalue weighted by atomic mass is 79.9. The number of rotatable bonds is 7. The summed E-state index contributed by atoms with van der Waals surface area (Å²) in [5, 5.41) is 0. The van der Waals surface area contributed by atoms with Crippen LogP contribution in [0.2, 0.25) is 0 Å². The van der Waals surface area contributed by atoms with Crippen molar-refractivity contribution in [3.05, 3.63) is 11.6 Å². The number of alkyl halides is 1. The lowest BCUT2D eigenvalue weighted by Gasteiger charge is -2.19. The van der Waals surface area contributed by atoms with Gasteiger partial charge in [0.25, 0.3) is 0 Å². The first-order valence-corrected chi connectivity index (χ1v) is 7.63. The van der Waals surface area contributed by atoms with Gasteiger partial charge >= 0.3 is 14.2 Å². The van der Waals surface area contributed by atoms with Gasteiger partial charge in [0.05, 0.1) is 13.2 Å². The van der Waals surface area contributed by atoms with E-state index >= 15 is 0 Å². The number of hydrogen-bond acceptors (Lipinski definition) is 4. The van der Waals surface area contributed by atoms with Crippen molar-refractivity contribution in [2.24, 2.45) is 5.92 Å². The zero-order chi connectivity index (χ0) is 14.3. The van der Waals surface area contributed by atoms with Crippen molar-refractivity contribution in [2.45, 2.75) is 32.0 Å². The average molecular weight is 343 g/mol. The van der Waals surface area contributed by atoms with Gasteiger partial charge in [0, 0.05) is 4.32 Å². The van der Waals surface area contributed by atoms with Crippen molar-refractivity contribution in [1.82, 2.24) is 0 Å². The Morgan fingerprint density at radius 1 is 1.56 bits per heavy atom. The molecule has 0 amide bonds. The fourth-order valence-corrected chi connectivity index (χ4v) is 2.10. The first kappa shape index (κ1) is 17.8. The zero-order valence-electron chi connectivity index (χ0n) is 11.0. The largest absolute Gasteiger partial charge is 0.465 e. The molecule has 0 rings (SSSR count). The number of hydrogen-bond donors (Lipinski definition) is 1. The van der Waals surface area contributed by atoms with Crippen molar-refractivity contribution in [1.29, 1.82) is 0 Å². The molecule has 0 radical (unpaired) electrons. The fraction of sp³-hybridized carbons (Fsp3) is 0.727. The maximum absolute atomic E-state index is 11.8. The van der Waals surface area contributed by atoms with Gasteiger partial charge in [-0.25, -0.2) is 0 Å². The molecular formula is C11H20BrO5P. The maximum Gasteiger partial charge on any atom is 0.316 e. The molecule has 18 heavy (non-hydrogen) atoms. The number of ether oxygens (including phenoxy) is 1. The summed E-state index contributed by atoms with van der Waals surface area (Å²) in [6.45, 7) is 7.43. The predicted octanol–water partition coefficient (Wildman–Crippen LogP) is 2.68. The third-order valence-electron chi connectivity index (χ3n) is 2.07. The standard InChI is InChI=1S/C11H20BrO5P/c1-5-16-10(13)9(7-17-18(14)15)8(2)6-11(3,4)12/h6,9,18H,5,7H2,1-4H3,(H,14,15)/b8-6+. The van der Waals surface area contributed by atoms with Crippen LogP contribution in [0.4, 0.5) is 0 Å². The molecule has 0 aliphatic heterocycles. The molecule has 0 aromatic heterocycles. The lowest BCUT2D eigenvalue weighted by atomic mass is 9.98. The van der Waals surface area contributed by atoms with Gasteiger partial charge in [0.15, 0.2) is 0 Å². The molecule has 0 aromatic carbocycles. The van der Waals surface area contributed by atoms with E-state index < -0.39 is 20.1 Å². The topological polar surface area (TPSA) is 72.8 Å². The second-order valence-corrected chi connectivity index (χ2v) is 7.20. The third-order valence-corrected chi connectivity index (χ3v) is 2.71. The van der Waals surface area contributed by atoms with Gasteiger partial charge in [0.2, 0.25) is 0 Å². The predicted molar refractivity (Wildman–Crippen MR) is 74.1 cm³/mol. The summed E-state index contributed by atoms with van der Waals surface area (Å²) in [5.74, 6) is -1.12. The molecule has 0 saturated heterocycles. The molecule has 0 fully saturated rings. The van der Waals surface area contributed by atoms with E-state index in [0.717, 1.165) is 5.57 Å². The van der Waals surface area contributed by atoms with Crippen LogP contribution in [0.1, 0.15) is 27.7 Å². The normalized spacial score (nSPS) is 16.2. The lowest BCUT2D eigenvalue weighted by Crippen LogP contribution is -2.24. The van der Waals surface area contributed by atoms with Crippen molar-refractivity contribution in [2.75, 3.05) is 13.2 Å². The summed E-state index contributed by atoms with van der Waals surface area (Å²) < 4.78 is 19.9. The maximum atomic E-state index is 11.8. The molecule has 2 atom stereocenters. The van der Waals surface area contributed by atoms with Crippen molar-refractivity contribution in [3.63, 3.8) is 0 Å². The Labute approximate surface area is 117 Å². The van der Waals surface area contributed by atoms with E-state index in [0.29, 0.717) is 0 Å². The highest BCUT2D eigenvalue weighted by Crippen LogP contribution is 2.26. The first-order chi connectivity index (χ1) is 8.17. The second-order valence-electron chi connectivity index (χ2n) is 4.33. The number of carbonyl (C=O) groups is 1. The van der Waals surface area contributed by atoms with Crippen LogP contribution in [0.5, 0.6) is 0 Å². The Bertz CT molecular complexity index is 335. The van der Waals surface area contributed by atoms with Gasteiger partial charge < -0.3 is 14.2 Å². The quantitative estimate of drug-likeness (QED) is 0.333. The van der Waals surface area contributed by atoms with E-state index in [-0.39, 0.29) is 17.5 Å². The minimum atomic E-state index is -3.05. The third kappa shape index (κ3) is 8.03. The van der Waals surface area contributed by atoms with Gasteiger partial charge in [-0.2, -0.15) is 0 Å². The molecule has 1 N–H and O–H groups in total. The van der Waals surface area contributed by atoms with Gasteiger partial charge in [-0.15, -0.1) is 0 Å². The number of halogens is 1. The van der Waals surface area contributed by atoms with Gasteiger partial charge in [-0.1, -0.05) is 27.6 Å². The van der Waals surface area contributed by atoms with E-state index in [9.17, 15) is 9.36 Å². The van der Waals surface area contributed by atoms with E-state index in [2.05, 4.69) is 20.5 Å². The van der Waals surface area contributed by atoms with Crippen LogP contribution in [0.15, 0.2) is 11.6 Å². The molecule has 2 unspecified atom stereocenters. The van der Waals surface area contributed by atoms with Gasteiger partial charge in [-0.3, -0.25) is 9.36 Å². The fourth-order valence-electron chi connectivity index (χ4n) is 1.42. The highest BCUT2D eigenvalue weighted by Gasteiger charge is 2.24. The van der Waals surface area contributed by atoms with Crippen LogP contribution in [-0.4, -0.2) is 28.4 Å². The van der Waals surface area contributed by atoms with E-state index in [1.54, 1.807) is 13.8 Å². The Balaban J connectivity index is 4.90. The monoisotopic (exact) mass is 342 g/mol. The molecule has 0 heterocycles. The molecule has 0 saturated carbocycles. The first-order valence-electron chi connectivity index (χ1n) is 5.58. The summed E-state index contributed by atoms with van der Waals surface area (Å²) in [5.41, 5.74) is 0.735. The lowest BCUT2D eigenvalue weighted by molar-refractivity contribution is -0.147. The van der Waals surface area contributed by atoms with Crippen LogP contribution >= 0.6 is 24.2 Å². The minimum absolute atomic E-state index is 0.154. The molecule has 5 nitrogen and oxygen atoms in total. The minimum Gasteiger partial charge on any atom is -0.465 e. The number of allylic oxidation sites excluding steroid dienone is 1. The Morgan fingerprint density at radius 2 is 2.11 bits per heavy atom. The summed E-state index contributed by atoms with van der Waals surface area (Å²) in [6.07, 6.45) is 1.85. The summed E-state index contributed by atoms with van der Waals surface area (Å²) in [4.78, 5) is 20.4. The van der Waals surface area contributed by atoms with Crippen molar-refractivity contribution < 1.29 is 23.5 Å². The van der Waals surface area contributed by atoms with Crippen molar-refractivity contribution >= 4 is 30.2 Å². The molecular weight excluding hydrogens is 323 g/mol. The van der Waals surface area contributed by atoms with Gasteiger partial charge in [0.1, 0.15) is 5.92 Å². The smallest absolute Gasteiger partial charge is 0.316 e. The Kier molecular flexibility index (Phi) is 8.03. The average Bonchev–Trinajstić information content (AvgIpc) is 2.14. The summed E-state index contributed by atoms with van der Waals surface area (Å²) >= 11 is 3.44. The van der Waals surface area contributed by atoms with Crippen LogP contribution < -0.4 is 0 Å². The summed E-state index contributed by atoms with van der Waals surface area (Å²) in [7, 11) is -3.05.